The molecule has 1 rings (SSSR count). The summed E-state index contributed by atoms with van der Waals surface area (Å²) < 4.78 is 0. The average Bonchev–Trinajstić information content (AvgIpc) is 2.05. The van der Waals surface area contributed by atoms with Gasteiger partial charge >= 0.3 is 0 Å². The van der Waals surface area contributed by atoms with Crippen LogP contribution in [0, 0.1) is 0 Å². The highest BCUT2D eigenvalue weighted by molar-refractivity contribution is 5.50. The van der Waals surface area contributed by atoms with E-state index in [-0.39, 0.29) is 0 Å². The number of hydrogen-bond donors (Lipinski definition) is 0. The van der Waals surface area contributed by atoms with Gasteiger partial charge in [0.25, 0.3) is 0 Å². The maximum atomic E-state index is 10.2. The Morgan fingerprint density at radius 3 is 1.30 bits per heavy atom. The molecule has 2 amide bonds. The molecular formula is C6H10N2O2. The Hall–Kier alpha value is -1.06. The van der Waals surface area contributed by atoms with Gasteiger partial charge < -0.3 is 9.80 Å². The first-order chi connectivity index (χ1) is 4.86. The van der Waals surface area contributed by atoms with E-state index in [1.807, 2.05) is 0 Å². The van der Waals surface area contributed by atoms with Crippen LogP contribution in [-0.2, 0) is 9.59 Å². The van der Waals surface area contributed by atoms with Gasteiger partial charge in [0.05, 0.1) is 0 Å². The Balaban J connectivity index is 2.30. The molecular weight excluding hydrogens is 132 g/mol. The maximum absolute atomic E-state index is 10.2. The van der Waals surface area contributed by atoms with Gasteiger partial charge in [0, 0.05) is 26.2 Å². The van der Waals surface area contributed by atoms with Crippen LogP contribution >= 0.6 is 0 Å². The van der Waals surface area contributed by atoms with E-state index in [0.717, 1.165) is 12.8 Å². The molecule has 0 radical (unpaired) electrons. The monoisotopic (exact) mass is 142 g/mol. The summed E-state index contributed by atoms with van der Waals surface area (Å²) in [7, 11) is 0. The molecule has 0 aromatic heterocycles. The standard InChI is InChI=1S/C6H10N2O2/c9-5-7-1-2-8(6-10)4-3-7/h5-6H,1-4H2. The maximum Gasteiger partial charge on any atom is 0.209 e. The third-order valence-corrected chi connectivity index (χ3v) is 1.65. The SMILES string of the molecule is O=CN1CCN(C=O)CC1. The van der Waals surface area contributed by atoms with Crippen molar-refractivity contribution < 1.29 is 9.59 Å². The molecule has 1 heterocycles. The highest BCUT2D eigenvalue weighted by Crippen LogP contribution is 1.94. The molecule has 0 aromatic carbocycles. The molecule has 0 atom stereocenters. The van der Waals surface area contributed by atoms with Crippen LogP contribution < -0.4 is 0 Å². The molecule has 1 aliphatic rings. The van der Waals surface area contributed by atoms with Crippen LogP contribution in [-0.4, -0.2) is 48.8 Å². The summed E-state index contributed by atoms with van der Waals surface area (Å²) in [4.78, 5) is 23.7. The molecule has 10 heavy (non-hydrogen) atoms. The molecule has 1 fully saturated rings. The number of rotatable bonds is 2. The van der Waals surface area contributed by atoms with Crippen molar-refractivity contribution in [1.29, 1.82) is 0 Å². The van der Waals surface area contributed by atoms with Crippen molar-refractivity contribution >= 4 is 12.8 Å². The van der Waals surface area contributed by atoms with Crippen molar-refractivity contribution in [3.8, 4) is 0 Å². The van der Waals surface area contributed by atoms with E-state index in [1.165, 1.54) is 0 Å². The van der Waals surface area contributed by atoms with E-state index in [2.05, 4.69) is 0 Å². The van der Waals surface area contributed by atoms with Gasteiger partial charge in [0.15, 0.2) is 0 Å². The summed E-state index contributed by atoms with van der Waals surface area (Å²) in [5.41, 5.74) is 0. The Bertz CT molecular complexity index is 114. The van der Waals surface area contributed by atoms with Crippen molar-refractivity contribution in [2.45, 2.75) is 0 Å². The lowest BCUT2D eigenvalue weighted by Crippen LogP contribution is -2.44. The van der Waals surface area contributed by atoms with E-state index in [4.69, 9.17) is 0 Å². The molecule has 1 saturated heterocycles. The Morgan fingerprint density at radius 1 is 0.800 bits per heavy atom. The smallest absolute Gasteiger partial charge is 0.209 e. The second-order valence-electron chi connectivity index (χ2n) is 2.28. The first kappa shape index (κ1) is 7.05. The van der Waals surface area contributed by atoms with Gasteiger partial charge in [-0.15, -0.1) is 0 Å². The van der Waals surface area contributed by atoms with Crippen molar-refractivity contribution in [1.82, 2.24) is 9.80 Å². The molecule has 0 N–H and O–H groups in total. The van der Waals surface area contributed by atoms with E-state index in [0.29, 0.717) is 26.2 Å². The zero-order valence-corrected chi connectivity index (χ0v) is 5.69. The van der Waals surface area contributed by atoms with Crippen LogP contribution in [0.1, 0.15) is 0 Å². The summed E-state index contributed by atoms with van der Waals surface area (Å²) >= 11 is 0. The van der Waals surface area contributed by atoms with Gasteiger partial charge in [0.2, 0.25) is 12.8 Å². The van der Waals surface area contributed by atoms with Gasteiger partial charge in [0.1, 0.15) is 0 Å². The minimum Gasteiger partial charge on any atom is -0.342 e. The van der Waals surface area contributed by atoms with E-state index in [1.54, 1.807) is 9.80 Å². The Kier molecular flexibility index (Phi) is 2.25. The fraction of sp³-hybridized carbons (Fsp3) is 0.667. The highest BCUT2D eigenvalue weighted by atomic mass is 16.1. The molecule has 0 spiro atoms. The number of hydrogen-bond acceptors (Lipinski definition) is 2. The molecule has 0 bridgehead atoms. The normalized spacial score (nSPS) is 18.8. The van der Waals surface area contributed by atoms with Gasteiger partial charge in [-0.2, -0.15) is 0 Å². The molecule has 0 unspecified atom stereocenters. The predicted molar refractivity (Wildman–Crippen MR) is 35.3 cm³/mol. The average molecular weight is 142 g/mol. The third-order valence-electron chi connectivity index (χ3n) is 1.65. The van der Waals surface area contributed by atoms with Crippen LogP contribution in [0.2, 0.25) is 0 Å². The summed E-state index contributed by atoms with van der Waals surface area (Å²) in [6.45, 7) is 2.68. The van der Waals surface area contributed by atoms with Crippen molar-refractivity contribution in [3.63, 3.8) is 0 Å². The van der Waals surface area contributed by atoms with Crippen LogP contribution in [0.3, 0.4) is 0 Å². The quantitative estimate of drug-likeness (QED) is 0.460. The van der Waals surface area contributed by atoms with Gasteiger partial charge in [-0.25, -0.2) is 0 Å². The molecule has 4 heteroatoms. The van der Waals surface area contributed by atoms with Crippen molar-refractivity contribution in [3.05, 3.63) is 0 Å². The summed E-state index contributed by atoms with van der Waals surface area (Å²) in [5, 5.41) is 0. The zero-order chi connectivity index (χ0) is 7.40. The Morgan fingerprint density at radius 2 is 1.10 bits per heavy atom. The number of nitrogens with zero attached hydrogens (tertiary/aromatic N) is 2. The first-order valence-electron chi connectivity index (χ1n) is 3.25. The molecule has 0 saturated carbocycles. The lowest BCUT2D eigenvalue weighted by Gasteiger charge is -2.29. The summed E-state index contributed by atoms with van der Waals surface area (Å²) in [6.07, 6.45) is 1.64. The van der Waals surface area contributed by atoms with Gasteiger partial charge in [-0.1, -0.05) is 0 Å². The highest BCUT2D eigenvalue weighted by Gasteiger charge is 2.12. The van der Waals surface area contributed by atoms with E-state index in [9.17, 15) is 9.59 Å². The molecule has 0 aromatic rings. The third kappa shape index (κ3) is 1.46. The van der Waals surface area contributed by atoms with Crippen LogP contribution in [0.5, 0.6) is 0 Å². The first-order valence-corrected chi connectivity index (χ1v) is 3.25. The summed E-state index contributed by atoms with van der Waals surface area (Å²) in [6, 6.07) is 0. The fourth-order valence-electron chi connectivity index (χ4n) is 0.948. The minimum absolute atomic E-state index is 0.669. The number of carbonyl (C=O) groups is 2. The van der Waals surface area contributed by atoms with Crippen molar-refractivity contribution in [2.75, 3.05) is 26.2 Å². The van der Waals surface area contributed by atoms with E-state index >= 15 is 0 Å². The number of amides is 2. The lowest BCUT2D eigenvalue weighted by atomic mass is 10.4. The lowest BCUT2D eigenvalue weighted by molar-refractivity contribution is -0.125. The fourth-order valence-corrected chi connectivity index (χ4v) is 0.948. The van der Waals surface area contributed by atoms with Crippen LogP contribution in [0.25, 0.3) is 0 Å². The van der Waals surface area contributed by atoms with E-state index < -0.39 is 0 Å². The number of piperazine rings is 1. The van der Waals surface area contributed by atoms with Gasteiger partial charge in [-0.05, 0) is 0 Å². The molecule has 56 valence electrons. The summed E-state index contributed by atoms with van der Waals surface area (Å²) in [5.74, 6) is 0. The predicted octanol–water partition coefficient (Wildman–Crippen LogP) is -1.08. The van der Waals surface area contributed by atoms with Gasteiger partial charge in [-0.3, -0.25) is 9.59 Å². The molecule has 1 aliphatic heterocycles. The largest absolute Gasteiger partial charge is 0.342 e. The van der Waals surface area contributed by atoms with Crippen molar-refractivity contribution in [2.24, 2.45) is 0 Å². The topological polar surface area (TPSA) is 40.6 Å². The van der Waals surface area contributed by atoms with Crippen LogP contribution in [0.4, 0.5) is 0 Å². The minimum atomic E-state index is 0.669. The molecule has 4 nitrogen and oxygen atoms in total. The second kappa shape index (κ2) is 3.20. The van der Waals surface area contributed by atoms with Crippen LogP contribution in [0.15, 0.2) is 0 Å². The second-order valence-corrected chi connectivity index (χ2v) is 2.28. The number of carbonyl (C=O) groups excluding carboxylic acids is 2. The molecule has 0 aliphatic carbocycles. The zero-order valence-electron chi connectivity index (χ0n) is 5.69. The Labute approximate surface area is 59.4 Å².